The van der Waals surface area contributed by atoms with E-state index in [1.165, 1.54) is 0 Å². The zero-order chi connectivity index (χ0) is 15.9. The second-order valence-corrected chi connectivity index (χ2v) is 5.64. The van der Waals surface area contributed by atoms with E-state index >= 15 is 0 Å². The number of carbonyl (C=O) groups is 2. The summed E-state index contributed by atoms with van der Waals surface area (Å²) in [6, 6.07) is 6.77. The number of nitrogens with zero attached hydrogens (tertiary/aromatic N) is 1. The van der Waals surface area contributed by atoms with E-state index < -0.39 is 0 Å². The Labute approximate surface area is 135 Å². The van der Waals surface area contributed by atoms with Crippen LogP contribution in [0.4, 0.5) is 0 Å². The van der Waals surface area contributed by atoms with Crippen molar-refractivity contribution in [2.24, 2.45) is 0 Å². The first-order valence-corrected chi connectivity index (χ1v) is 7.91. The Kier molecular flexibility index (Phi) is 6.21. The molecule has 0 spiro atoms. The predicted octanol–water partition coefficient (Wildman–Crippen LogP) is 2.10. The number of rotatable bonds is 6. The van der Waals surface area contributed by atoms with Crippen LogP contribution in [0.25, 0.3) is 0 Å². The largest absolute Gasteiger partial charge is 0.376 e. The standard InChI is InChI=1S/C16H21ClN2O3/c1-2-19(11-12-6-5-9-22-12)15(20)10-18-16(21)13-7-3-4-8-14(13)17/h3-4,7-8,12H,2,5-6,9-11H2,1H3,(H,18,21)/t12-/m0/s1. The van der Waals surface area contributed by atoms with Crippen molar-refractivity contribution in [3.8, 4) is 0 Å². The van der Waals surface area contributed by atoms with Crippen molar-refractivity contribution in [3.05, 3.63) is 34.9 Å². The summed E-state index contributed by atoms with van der Waals surface area (Å²) in [5.74, 6) is -0.453. The molecule has 0 radical (unpaired) electrons. The highest BCUT2D eigenvalue weighted by Crippen LogP contribution is 2.15. The monoisotopic (exact) mass is 324 g/mol. The van der Waals surface area contributed by atoms with Crippen LogP contribution in [0, 0.1) is 0 Å². The fourth-order valence-electron chi connectivity index (χ4n) is 2.45. The number of ether oxygens (including phenoxy) is 1. The molecule has 0 bridgehead atoms. The molecular weight excluding hydrogens is 304 g/mol. The van der Waals surface area contributed by atoms with Gasteiger partial charge in [-0.25, -0.2) is 0 Å². The first kappa shape index (κ1) is 16.8. The lowest BCUT2D eigenvalue weighted by Gasteiger charge is -2.24. The maximum absolute atomic E-state index is 12.2. The zero-order valence-electron chi connectivity index (χ0n) is 12.7. The summed E-state index contributed by atoms with van der Waals surface area (Å²) >= 11 is 5.96. The van der Waals surface area contributed by atoms with Gasteiger partial charge in [-0.1, -0.05) is 23.7 Å². The lowest BCUT2D eigenvalue weighted by atomic mass is 10.2. The molecule has 0 aliphatic carbocycles. The Balaban J connectivity index is 1.85. The van der Waals surface area contributed by atoms with Crippen LogP contribution in [0.2, 0.25) is 5.02 Å². The van der Waals surface area contributed by atoms with Crippen molar-refractivity contribution < 1.29 is 14.3 Å². The summed E-state index contributed by atoms with van der Waals surface area (Å²) in [7, 11) is 0. The van der Waals surface area contributed by atoms with Crippen molar-refractivity contribution in [3.63, 3.8) is 0 Å². The van der Waals surface area contributed by atoms with E-state index in [1.807, 2.05) is 6.92 Å². The summed E-state index contributed by atoms with van der Waals surface area (Å²) in [5.41, 5.74) is 0.374. The molecule has 1 heterocycles. The molecule has 0 unspecified atom stereocenters. The van der Waals surface area contributed by atoms with Crippen LogP contribution in [0.15, 0.2) is 24.3 Å². The van der Waals surface area contributed by atoms with Crippen LogP contribution in [0.5, 0.6) is 0 Å². The van der Waals surface area contributed by atoms with E-state index in [1.54, 1.807) is 29.2 Å². The van der Waals surface area contributed by atoms with Gasteiger partial charge < -0.3 is 15.0 Å². The van der Waals surface area contributed by atoms with E-state index in [0.29, 0.717) is 23.7 Å². The molecule has 1 atom stereocenters. The molecule has 120 valence electrons. The molecule has 0 aromatic heterocycles. The average Bonchev–Trinajstić information content (AvgIpc) is 3.03. The number of hydrogen-bond donors (Lipinski definition) is 1. The van der Waals surface area contributed by atoms with Crippen molar-refractivity contribution in [1.82, 2.24) is 10.2 Å². The van der Waals surface area contributed by atoms with Gasteiger partial charge in [-0.3, -0.25) is 9.59 Å². The minimum atomic E-state index is -0.341. The van der Waals surface area contributed by atoms with Gasteiger partial charge in [0.15, 0.2) is 0 Å². The number of benzene rings is 1. The maximum Gasteiger partial charge on any atom is 0.253 e. The third-order valence-electron chi connectivity index (χ3n) is 3.70. The van der Waals surface area contributed by atoms with E-state index in [0.717, 1.165) is 19.4 Å². The van der Waals surface area contributed by atoms with Gasteiger partial charge in [0.05, 0.1) is 23.2 Å². The molecule has 1 aromatic carbocycles. The molecule has 22 heavy (non-hydrogen) atoms. The van der Waals surface area contributed by atoms with Crippen molar-refractivity contribution in [2.45, 2.75) is 25.9 Å². The minimum absolute atomic E-state index is 0.0371. The summed E-state index contributed by atoms with van der Waals surface area (Å²) in [6.45, 7) is 3.82. The normalized spacial score (nSPS) is 17.3. The van der Waals surface area contributed by atoms with Crippen LogP contribution in [0.1, 0.15) is 30.1 Å². The van der Waals surface area contributed by atoms with E-state index in [2.05, 4.69) is 5.32 Å². The van der Waals surface area contributed by atoms with Crippen LogP contribution < -0.4 is 5.32 Å². The van der Waals surface area contributed by atoms with Gasteiger partial charge in [0, 0.05) is 19.7 Å². The Morgan fingerprint density at radius 1 is 1.41 bits per heavy atom. The number of halogens is 1. The topological polar surface area (TPSA) is 58.6 Å². The number of likely N-dealkylation sites (N-methyl/N-ethyl adjacent to an activating group) is 1. The van der Waals surface area contributed by atoms with Crippen LogP contribution in [-0.2, 0) is 9.53 Å². The van der Waals surface area contributed by atoms with Gasteiger partial charge in [0.1, 0.15) is 0 Å². The lowest BCUT2D eigenvalue weighted by Crippen LogP contribution is -2.43. The van der Waals surface area contributed by atoms with Crippen LogP contribution >= 0.6 is 11.6 Å². The van der Waals surface area contributed by atoms with E-state index in [4.69, 9.17) is 16.3 Å². The molecule has 6 heteroatoms. The predicted molar refractivity (Wildman–Crippen MR) is 85.0 cm³/mol. The second kappa shape index (κ2) is 8.15. The first-order valence-electron chi connectivity index (χ1n) is 7.54. The van der Waals surface area contributed by atoms with E-state index in [9.17, 15) is 9.59 Å². The molecule has 0 saturated carbocycles. The molecule has 1 saturated heterocycles. The Hall–Kier alpha value is -1.59. The molecule has 1 fully saturated rings. The molecule has 2 amide bonds. The minimum Gasteiger partial charge on any atom is -0.376 e. The number of carbonyl (C=O) groups excluding carboxylic acids is 2. The highest BCUT2D eigenvalue weighted by atomic mass is 35.5. The number of amides is 2. The van der Waals surface area contributed by atoms with Crippen molar-refractivity contribution in [1.29, 1.82) is 0 Å². The third-order valence-corrected chi connectivity index (χ3v) is 4.03. The molecule has 1 aliphatic heterocycles. The smallest absolute Gasteiger partial charge is 0.253 e. The first-order chi connectivity index (χ1) is 10.6. The van der Waals surface area contributed by atoms with Crippen molar-refractivity contribution >= 4 is 23.4 Å². The van der Waals surface area contributed by atoms with Gasteiger partial charge in [-0.05, 0) is 31.9 Å². The van der Waals surface area contributed by atoms with Gasteiger partial charge in [0.2, 0.25) is 5.91 Å². The van der Waals surface area contributed by atoms with Gasteiger partial charge in [-0.2, -0.15) is 0 Å². The maximum atomic E-state index is 12.2. The second-order valence-electron chi connectivity index (χ2n) is 5.23. The Morgan fingerprint density at radius 2 is 2.18 bits per heavy atom. The lowest BCUT2D eigenvalue weighted by molar-refractivity contribution is -0.131. The molecule has 1 aliphatic rings. The molecular formula is C16H21ClN2O3. The highest BCUT2D eigenvalue weighted by Gasteiger charge is 2.22. The Morgan fingerprint density at radius 3 is 2.82 bits per heavy atom. The average molecular weight is 325 g/mol. The van der Waals surface area contributed by atoms with E-state index in [-0.39, 0.29) is 24.5 Å². The zero-order valence-corrected chi connectivity index (χ0v) is 13.4. The molecule has 1 N–H and O–H groups in total. The summed E-state index contributed by atoms with van der Waals surface area (Å²) in [4.78, 5) is 26.0. The molecule has 2 rings (SSSR count). The fourth-order valence-corrected chi connectivity index (χ4v) is 2.67. The van der Waals surface area contributed by atoms with Crippen molar-refractivity contribution in [2.75, 3.05) is 26.2 Å². The SMILES string of the molecule is CCN(C[C@@H]1CCCO1)C(=O)CNC(=O)c1ccccc1Cl. The van der Waals surface area contributed by atoms with Crippen LogP contribution in [0.3, 0.4) is 0 Å². The number of nitrogens with one attached hydrogen (secondary N) is 1. The van der Waals surface area contributed by atoms with Gasteiger partial charge in [0.25, 0.3) is 5.91 Å². The highest BCUT2D eigenvalue weighted by molar-refractivity contribution is 6.33. The van der Waals surface area contributed by atoms with Gasteiger partial charge in [-0.15, -0.1) is 0 Å². The molecule has 5 nitrogen and oxygen atoms in total. The fraction of sp³-hybridized carbons (Fsp3) is 0.500. The summed E-state index contributed by atoms with van der Waals surface area (Å²) < 4.78 is 5.55. The van der Waals surface area contributed by atoms with Gasteiger partial charge >= 0.3 is 0 Å². The Bertz CT molecular complexity index is 530. The third kappa shape index (κ3) is 4.45. The molecule has 1 aromatic rings. The quantitative estimate of drug-likeness (QED) is 0.871. The number of hydrogen-bond acceptors (Lipinski definition) is 3. The summed E-state index contributed by atoms with van der Waals surface area (Å²) in [5, 5.41) is 3.00. The summed E-state index contributed by atoms with van der Waals surface area (Å²) in [6.07, 6.45) is 2.14. The van der Waals surface area contributed by atoms with Crippen LogP contribution in [-0.4, -0.2) is 49.1 Å².